The standard InChI is InChI=1S/C7H6Cl.Zn/c1-6-3-2-4-7(8)5-6;/h2-5H,1H2;. The predicted molar refractivity (Wildman–Crippen MR) is 35.2 cm³/mol. The molecule has 0 amide bonds. The first kappa shape index (κ1) is 7.24. The Kier molecular flexibility index (Phi) is 2.69. The molecule has 9 heavy (non-hydrogen) atoms. The molecule has 2 heteroatoms. The number of hydrogen-bond acceptors (Lipinski definition) is 0. The molecule has 1 aromatic carbocycles. The van der Waals surface area contributed by atoms with Gasteiger partial charge in [0.1, 0.15) is 0 Å². The van der Waals surface area contributed by atoms with E-state index in [1.807, 2.05) is 18.2 Å². The van der Waals surface area contributed by atoms with Crippen LogP contribution in [0, 0.1) is 0 Å². The Morgan fingerprint density at radius 2 is 2.22 bits per heavy atom. The van der Waals surface area contributed by atoms with Crippen LogP contribution in [0.1, 0.15) is 5.56 Å². The quantitative estimate of drug-likeness (QED) is 0.597. The molecule has 0 aliphatic heterocycles. The second-order valence-electron chi connectivity index (χ2n) is 1.88. The van der Waals surface area contributed by atoms with Crippen molar-refractivity contribution in [3.8, 4) is 0 Å². The van der Waals surface area contributed by atoms with Gasteiger partial charge in [-0.25, -0.2) is 0 Å². The first-order valence-corrected chi connectivity index (χ1v) is 5.34. The minimum atomic E-state index is 0.848. The van der Waals surface area contributed by atoms with Crippen LogP contribution < -0.4 is 0 Å². The van der Waals surface area contributed by atoms with Crippen LogP contribution in [0.3, 0.4) is 0 Å². The normalized spacial score (nSPS) is 9.67. The van der Waals surface area contributed by atoms with E-state index >= 15 is 0 Å². The van der Waals surface area contributed by atoms with E-state index in [1.54, 1.807) is 0 Å². The summed E-state index contributed by atoms with van der Waals surface area (Å²) in [6.45, 7) is 0. The van der Waals surface area contributed by atoms with Gasteiger partial charge in [0, 0.05) is 0 Å². The van der Waals surface area contributed by atoms with E-state index in [0.29, 0.717) is 0 Å². The van der Waals surface area contributed by atoms with E-state index in [1.165, 1.54) is 28.9 Å². The van der Waals surface area contributed by atoms with Crippen LogP contribution in [0.4, 0.5) is 0 Å². The van der Waals surface area contributed by atoms with Crippen LogP contribution in [0.25, 0.3) is 0 Å². The van der Waals surface area contributed by atoms with E-state index < -0.39 is 0 Å². The van der Waals surface area contributed by atoms with Gasteiger partial charge in [0.05, 0.1) is 0 Å². The molecule has 0 saturated carbocycles. The molecule has 0 nitrogen and oxygen atoms in total. The van der Waals surface area contributed by atoms with Crippen molar-refractivity contribution in [1.29, 1.82) is 0 Å². The maximum absolute atomic E-state index is 5.74. The zero-order valence-corrected chi connectivity index (χ0v) is 8.82. The zero-order chi connectivity index (χ0) is 6.69. The van der Waals surface area contributed by atoms with Crippen LogP contribution in [-0.2, 0) is 23.3 Å². The van der Waals surface area contributed by atoms with Crippen molar-refractivity contribution in [3.05, 3.63) is 34.9 Å². The summed E-state index contributed by atoms with van der Waals surface area (Å²) in [6, 6.07) is 8.02. The van der Waals surface area contributed by atoms with Crippen molar-refractivity contribution in [2.75, 3.05) is 0 Å². The fraction of sp³-hybridized carbons (Fsp3) is 0.143. The van der Waals surface area contributed by atoms with Gasteiger partial charge in [0.25, 0.3) is 0 Å². The summed E-state index contributed by atoms with van der Waals surface area (Å²) < 4.78 is 0. The Hall–Kier alpha value is 0.133. The summed E-state index contributed by atoms with van der Waals surface area (Å²) in [6.07, 6.45) is 0. The third-order valence-corrected chi connectivity index (χ3v) is 2.62. The van der Waals surface area contributed by atoms with E-state index in [2.05, 4.69) is 6.07 Å². The molecule has 0 atom stereocenters. The minimum absolute atomic E-state index is 0.848. The molecule has 0 spiro atoms. The van der Waals surface area contributed by atoms with Gasteiger partial charge in [0.2, 0.25) is 0 Å². The zero-order valence-electron chi connectivity index (χ0n) is 5.10. The molecule has 0 fully saturated rings. The van der Waals surface area contributed by atoms with E-state index in [-0.39, 0.29) is 0 Å². The molecule has 0 saturated heterocycles. The Morgan fingerprint density at radius 3 is 2.67 bits per heavy atom. The van der Waals surface area contributed by atoms with E-state index in [0.717, 1.165) is 5.02 Å². The second kappa shape index (κ2) is 3.34. The van der Waals surface area contributed by atoms with Gasteiger partial charge in [-0.2, -0.15) is 0 Å². The average Bonchev–Trinajstić information content (AvgIpc) is 1.88. The third kappa shape index (κ3) is 2.08. The first-order chi connectivity index (χ1) is 4.33. The van der Waals surface area contributed by atoms with Crippen molar-refractivity contribution >= 4 is 11.6 Å². The van der Waals surface area contributed by atoms with Gasteiger partial charge >= 0.3 is 69.8 Å². The molecule has 43 valence electrons. The van der Waals surface area contributed by atoms with Crippen molar-refractivity contribution < 1.29 is 18.3 Å². The first-order valence-electron chi connectivity index (χ1n) is 2.86. The average molecular weight is 191 g/mol. The van der Waals surface area contributed by atoms with Gasteiger partial charge in [-0.3, -0.25) is 0 Å². The van der Waals surface area contributed by atoms with Gasteiger partial charge in [0.15, 0.2) is 0 Å². The molecule has 0 aromatic heterocycles. The Morgan fingerprint density at radius 1 is 1.44 bits per heavy atom. The molecule has 0 bridgehead atoms. The number of benzene rings is 1. The Labute approximate surface area is 69.9 Å². The SMILES string of the molecule is Clc1cccc([CH2][Zn])c1. The molecule has 0 aliphatic rings. The Bertz CT molecular complexity index is 198. The van der Waals surface area contributed by atoms with Crippen LogP contribution in [0.2, 0.25) is 5.02 Å². The van der Waals surface area contributed by atoms with Crippen molar-refractivity contribution in [2.24, 2.45) is 0 Å². The van der Waals surface area contributed by atoms with E-state index in [4.69, 9.17) is 11.6 Å². The van der Waals surface area contributed by atoms with Gasteiger partial charge in [-0.05, 0) is 0 Å². The molecule has 0 unspecified atom stereocenters. The van der Waals surface area contributed by atoms with Crippen molar-refractivity contribution in [1.82, 2.24) is 0 Å². The van der Waals surface area contributed by atoms with Gasteiger partial charge < -0.3 is 0 Å². The molecule has 0 radical (unpaired) electrons. The molecule has 0 N–H and O–H groups in total. The van der Waals surface area contributed by atoms with Crippen LogP contribution in [0.5, 0.6) is 0 Å². The summed E-state index contributed by atoms with van der Waals surface area (Å²) in [7, 11) is 0. The topological polar surface area (TPSA) is 0 Å². The number of halogens is 1. The molecular formula is C7H6ClZn. The van der Waals surface area contributed by atoms with Gasteiger partial charge in [-0.1, -0.05) is 0 Å². The summed E-state index contributed by atoms with van der Waals surface area (Å²) in [4.78, 5) is 0. The number of hydrogen-bond donors (Lipinski definition) is 0. The Balaban J connectivity index is 2.94. The van der Waals surface area contributed by atoms with E-state index in [9.17, 15) is 0 Å². The van der Waals surface area contributed by atoms with Crippen molar-refractivity contribution in [3.63, 3.8) is 0 Å². The molecule has 1 rings (SSSR count). The summed E-state index contributed by atoms with van der Waals surface area (Å²) in [5.41, 5.74) is 1.35. The monoisotopic (exact) mass is 189 g/mol. The molecule has 1 aromatic rings. The molecular weight excluding hydrogens is 185 g/mol. The summed E-state index contributed by atoms with van der Waals surface area (Å²) in [5, 5.41) is 2.03. The fourth-order valence-corrected chi connectivity index (χ4v) is 1.56. The van der Waals surface area contributed by atoms with Crippen LogP contribution >= 0.6 is 11.6 Å². The fourth-order valence-electron chi connectivity index (χ4n) is 0.692. The van der Waals surface area contributed by atoms with Crippen LogP contribution in [0.15, 0.2) is 24.3 Å². The molecule has 0 heterocycles. The third-order valence-electron chi connectivity index (χ3n) is 1.18. The molecule has 0 aliphatic carbocycles. The predicted octanol–water partition coefficient (Wildman–Crippen LogP) is 2.39. The summed E-state index contributed by atoms with van der Waals surface area (Å²) >= 11 is 7.04. The summed E-state index contributed by atoms with van der Waals surface area (Å²) in [5.74, 6) is 0. The number of rotatable bonds is 1. The van der Waals surface area contributed by atoms with Gasteiger partial charge in [-0.15, -0.1) is 0 Å². The van der Waals surface area contributed by atoms with Crippen molar-refractivity contribution in [2.45, 2.75) is 5.02 Å². The van der Waals surface area contributed by atoms with Crippen LogP contribution in [-0.4, -0.2) is 0 Å². The second-order valence-corrected chi connectivity index (χ2v) is 3.37. The maximum atomic E-state index is 5.74.